The van der Waals surface area contributed by atoms with Gasteiger partial charge in [-0.05, 0) is 61.0 Å². The van der Waals surface area contributed by atoms with E-state index in [4.69, 9.17) is 9.47 Å². The van der Waals surface area contributed by atoms with Gasteiger partial charge in [0.15, 0.2) is 17.3 Å². The summed E-state index contributed by atoms with van der Waals surface area (Å²) < 4.78 is 12.1. The molecule has 0 unspecified atom stereocenters. The predicted molar refractivity (Wildman–Crippen MR) is 125 cm³/mol. The summed E-state index contributed by atoms with van der Waals surface area (Å²) in [6.07, 6.45) is 2.52. The van der Waals surface area contributed by atoms with Gasteiger partial charge >= 0.3 is 0 Å². The smallest absolute Gasteiger partial charge is 0.293 e. The van der Waals surface area contributed by atoms with Crippen molar-refractivity contribution in [1.82, 2.24) is 4.90 Å². The summed E-state index contributed by atoms with van der Waals surface area (Å²) in [6, 6.07) is 12.1. The van der Waals surface area contributed by atoms with E-state index in [1.54, 1.807) is 55.7 Å². The van der Waals surface area contributed by atoms with Crippen LogP contribution in [-0.2, 0) is 4.79 Å². The van der Waals surface area contributed by atoms with E-state index in [-0.39, 0.29) is 23.3 Å². The molecule has 1 atom stereocenters. The first kappa shape index (κ1) is 23.1. The Morgan fingerprint density at radius 3 is 2.52 bits per heavy atom. The Hall–Kier alpha value is -2.58. The number of imide groups is 1. The summed E-state index contributed by atoms with van der Waals surface area (Å²) in [4.78, 5) is 38.8. The van der Waals surface area contributed by atoms with Crippen molar-refractivity contribution < 1.29 is 23.9 Å². The monoisotopic (exact) mass is 503 g/mol. The highest BCUT2D eigenvalue weighted by Crippen LogP contribution is 2.35. The fourth-order valence-corrected chi connectivity index (χ4v) is 3.93. The van der Waals surface area contributed by atoms with Crippen LogP contribution in [-0.4, -0.2) is 41.6 Å². The van der Waals surface area contributed by atoms with Crippen LogP contribution in [0.5, 0.6) is 11.5 Å². The number of amides is 2. The van der Waals surface area contributed by atoms with Gasteiger partial charge in [-0.1, -0.05) is 41.1 Å². The van der Waals surface area contributed by atoms with E-state index in [1.807, 2.05) is 13.8 Å². The number of carbonyl (C=O) groups excluding carboxylic acids is 3. The minimum atomic E-state index is -0.487. The second-order valence-electron chi connectivity index (χ2n) is 6.94. The number of nitrogens with zero attached hydrogens (tertiary/aromatic N) is 1. The lowest BCUT2D eigenvalue weighted by Crippen LogP contribution is -2.33. The molecule has 1 saturated heterocycles. The third-order valence-electron chi connectivity index (χ3n) is 4.73. The topological polar surface area (TPSA) is 72.9 Å². The maximum Gasteiger partial charge on any atom is 0.293 e. The second kappa shape index (κ2) is 10.2. The molecule has 2 aromatic carbocycles. The standard InChI is InChI=1S/C23H22BrNO5S/c1-4-14(2)30-19-10-5-15(11-20(19)29-3)12-21-22(27)25(23(28)31-21)13-18(26)16-6-8-17(24)9-7-16/h5-12,14H,4,13H2,1-3H3/b21-12-/t14-/m0/s1. The molecule has 0 saturated carbocycles. The molecule has 0 aromatic heterocycles. The molecular weight excluding hydrogens is 482 g/mol. The van der Waals surface area contributed by atoms with Gasteiger partial charge in [0, 0.05) is 10.0 Å². The lowest BCUT2D eigenvalue weighted by Gasteiger charge is -2.15. The molecule has 31 heavy (non-hydrogen) atoms. The van der Waals surface area contributed by atoms with E-state index in [2.05, 4.69) is 15.9 Å². The molecule has 0 radical (unpaired) electrons. The Bertz CT molecular complexity index is 1030. The Kier molecular flexibility index (Phi) is 7.56. The summed E-state index contributed by atoms with van der Waals surface area (Å²) in [6.45, 7) is 3.71. The summed E-state index contributed by atoms with van der Waals surface area (Å²) in [7, 11) is 1.55. The number of thioether (sulfide) groups is 1. The SMILES string of the molecule is CC[C@H](C)Oc1ccc(/C=C2\SC(=O)N(CC(=O)c3ccc(Br)cc3)C2=O)cc1OC. The molecule has 2 aromatic rings. The van der Waals surface area contributed by atoms with Gasteiger partial charge in [-0.25, -0.2) is 0 Å². The molecule has 1 fully saturated rings. The average molecular weight is 504 g/mol. The predicted octanol–water partition coefficient (Wildman–Crippen LogP) is 5.55. The highest BCUT2D eigenvalue weighted by Gasteiger charge is 2.36. The maximum absolute atomic E-state index is 12.7. The second-order valence-corrected chi connectivity index (χ2v) is 8.85. The first-order valence-corrected chi connectivity index (χ1v) is 11.3. The Labute approximate surface area is 193 Å². The van der Waals surface area contributed by atoms with Crippen LogP contribution < -0.4 is 9.47 Å². The molecule has 1 aliphatic heterocycles. The highest BCUT2D eigenvalue weighted by atomic mass is 79.9. The first-order valence-electron chi connectivity index (χ1n) is 9.71. The van der Waals surface area contributed by atoms with Gasteiger partial charge in [-0.15, -0.1) is 0 Å². The van der Waals surface area contributed by atoms with Crippen LogP contribution >= 0.6 is 27.7 Å². The Morgan fingerprint density at radius 1 is 1.16 bits per heavy atom. The molecular formula is C23H22BrNO5S. The number of hydrogen-bond donors (Lipinski definition) is 0. The van der Waals surface area contributed by atoms with Crippen LogP contribution in [0, 0.1) is 0 Å². The molecule has 162 valence electrons. The number of carbonyl (C=O) groups is 3. The number of methoxy groups -OCH3 is 1. The molecule has 1 heterocycles. The van der Waals surface area contributed by atoms with Crippen molar-refractivity contribution >= 4 is 50.7 Å². The zero-order valence-electron chi connectivity index (χ0n) is 17.4. The van der Waals surface area contributed by atoms with Crippen LogP contribution in [0.15, 0.2) is 51.8 Å². The van der Waals surface area contributed by atoms with Crippen LogP contribution in [0.25, 0.3) is 6.08 Å². The number of ether oxygens (including phenoxy) is 2. The number of halogens is 1. The van der Waals surface area contributed by atoms with E-state index in [0.29, 0.717) is 22.6 Å². The van der Waals surface area contributed by atoms with Crippen molar-refractivity contribution in [3.05, 3.63) is 63.0 Å². The zero-order chi connectivity index (χ0) is 22.5. The normalized spacial score (nSPS) is 16.0. The fourth-order valence-electron chi connectivity index (χ4n) is 2.83. The lowest BCUT2D eigenvalue weighted by atomic mass is 10.1. The van der Waals surface area contributed by atoms with Crippen LogP contribution in [0.4, 0.5) is 4.79 Å². The minimum absolute atomic E-state index is 0.0412. The van der Waals surface area contributed by atoms with E-state index in [0.717, 1.165) is 27.6 Å². The van der Waals surface area contributed by atoms with Gasteiger partial charge in [0.2, 0.25) is 0 Å². The number of hydrogen-bond acceptors (Lipinski definition) is 6. The number of ketones is 1. The molecule has 0 spiro atoms. The van der Waals surface area contributed by atoms with Crippen molar-refractivity contribution in [2.45, 2.75) is 26.4 Å². The van der Waals surface area contributed by atoms with Gasteiger partial charge in [-0.2, -0.15) is 0 Å². The number of Topliss-reactive ketones (excluding diaryl/α,β-unsaturated/α-hetero) is 1. The number of rotatable bonds is 8. The van der Waals surface area contributed by atoms with Gasteiger partial charge in [0.25, 0.3) is 11.1 Å². The molecule has 1 aliphatic rings. The van der Waals surface area contributed by atoms with Crippen molar-refractivity contribution in [2.75, 3.05) is 13.7 Å². The van der Waals surface area contributed by atoms with E-state index >= 15 is 0 Å². The van der Waals surface area contributed by atoms with Crippen LogP contribution in [0.3, 0.4) is 0 Å². The van der Waals surface area contributed by atoms with Crippen LogP contribution in [0.1, 0.15) is 36.2 Å². The van der Waals surface area contributed by atoms with E-state index in [9.17, 15) is 14.4 Å². The van der Waals surface area contributed by atoms with Crippen molar-refractivity contribution in [1.29, 1.82) is 0 Å². The highest BCUT2D eigenvalue weighted by molar-refractivity contribution is 9.10. The largest absolute Gasteiger partial charge is 0.493 e. The average Bonchev–Trinajstić information content (AvgIpc) is 3.02. The van der Waals surface area contributed by atoms with Gasteiger partial charge in [-0.3, -0.25) is 19.3 Å². The molecule has 6 nitrogen and oxygen atoms in total. The molecule has 0 aliphatic carbocycles. The summed E-state index contributed by atoms with van der Waals surface area (Å²) >= 11 is 4.13. The molecule has 3 rings (SSSR count). The third-order valence-corrected chi connectivity index (χ3v) is 6.17. The molecule has 8 heteroatoms. The Morgan fingerprint density at radius 2 is 1.87 bits per heavy atom. The zero-order valence-corrected chi connectivity index (χ0v) is 19.8. The maximum atomic E-state index is 12.7. The van der Waals surface area contributed by atoms with Crippen molar-refractivity contribution in [2.24, 2.45) is 0 Å². The van der Waals surface area contributed by atoms with Crippen molar-refractivity contribution in [3.8, 4) is 11.5 Å². The Balaban J connectivity index is 1.76. The quantitative estimate of drug-likeness (QED) is 0.347. The number of benzene rings is 2. The fraction of sp³-hybridized carbons (Fsp3) is 0.261. The summed E-state index contributed by atoms with van der Waals surface area (Å²) in [5.41, 5.74) is 1.13. The minimum Gasteiger partial charge on any atom is -0.493 e. The summed E-state index contributed by atoms with van der Waals surface area (Å²) in [5.74, 6) is 0.365. The van der Waals surface area contributed by atoms with Gasteiger partial charge in [0.05, 0.1) is 24.7 Å². The third kappa shape index (κ3) is 5.57. The lowest BCUT2D eigenvalue weighted by molar-refractivity contribution is -0.122. The summed E-state index contributed by atoms with van der Waals surface area (Å²) in [5, 5.41) is -0.467. The molecule has 0 bridgehead atoms. The van der Waals surface area contributed by atoms with Crippen LogP contribution in [0.2, 0.25) is 0 Å². The van der Waals surface area contributed by atoms with Gasteiger partial charge < -0.3 is 9.47 Å². The molecule has 2 amide bonds. The van der Waals surface area contributed by atoms with E-state index in [1.165, 1.54) is 0 Å². The molecule has 0 N–H and O–H groups in total. The van der Waals surface area contributed by atoms with E-state index < -0.39 is 11.1 Å². The van der Waals surface area contributed by atoms with Crippen molar-refractivity contribution in [3.63, 3.8) is 0 Å². The van der Waals surface area contributed by atoms with Gasteiger partial charge in [0.1, 0.15) is 0 Å². The first-order chi connectivity index (χ1) is 14.8.